The topological polar surface area (TPSA) is 69.7 Å². The maximum Gasteiger partial charge on any atom is 0.325 e. The molecule has 0 radical (unpaired) electrons. The molecule has 6 heteroatoms. The van der Waals surface area contributed by atoms with Gasteiger partial charge in [0.1, 0.15) is 6.04 Å². The van der Waals surface area contributed by atoms with E-state index in [9.17, 15) is 14.4 Å². The van der Waals surface area contributed by atoms with Crippen LogP contribution in [0.2, 0.25) is 0 Å². The number of nitrogens with zero attached hydrogens (tertiary/aromatic N) is 2. The van der Waals surface area contributed by atoms with E-state index >= 15 is 0 Å². The van der Waals surface area contributed by atoms with Crippen LogP contribution in [0.25, 0.3) is 0 Å². The second-order valence-electron chi connectivity index (χ2n) is 6.54. The molecule has 3 aliphatic rings. The maximum absolute atomic E-state index is 12.6. The van der Waals surface area contributed by atoms with Crippen molar-refractivity contribution in [1.29, 1.82) is 0 Å². The number of likely N-dealkylation sites (tertiary alicyclic amines) is 1. The van der Waals surface area contributed by atoms with Crippen molar-refractivity contribution in [1.82, 2.24) is 15.1 Å². The maximum atomic E-state index is 12.6. The summed E-state index contributed by atoms with van der Waals surface area (Å²) in [6, 6.07) is 8.73. The molecule has 4 amide bonds. The number of nitrogens with one attached hydrogen (secondary N) is 1. The van der Waals surface area contributed by atoms with Crippen LogP contribution in [-0.2, 0) is 16.0 Å². The van der Waals surface area contributed by atoms with Crippen LogP contribution >= 0.6 is 0 Å². The van der Waals surface area contributed by atoms with Gasteiger partial charge in [-0.1, -0.05) is 30.3 Å². The van der Waals surface area contributed by atoms with E-state index < -0.39 is 6.04 Å². The van der Waals surface area contributed by atoms with E-state index in [4.69, 9.17) is 0 Å². The van der Waals surface area contributed by atoms with E-state index in [0.717, 1.165) is 18.4 Å². The highest BCUT2D eigenvalue weighted by Gasteiger charge is 2.48. The first-order chi connectivity index (χ1) is 11.1. The molecule has 2 aliphatic heterocycles. The van der Waals surface area contributed by atoms with E-state index in [-0.39, 0.29) is 30.3 Å². The number of imide groups is 1. The molecule has 23 heavy (non-hydrogen) atoms. The minimum absolute atomic E-state index is 0.0598. The fraction of sp³-hybridized carbons (Fsp3) is 0.471. The van der Waals surface area contributed by atoms with Gasteiger partial charge in [0, 0.05) is 25.4 Å². The number of rotatable bonds is 4. The summed E-state index contributed by atoms with van der Waals surface area (Å²) in [6.07, 6.45) is 2.81. The fourth-order valence-electron chi connectivity index (χ4n) is 3.51. The predicted octanol–water partition coefficient (Wildman–Crippen LogP) is 0.913. The zero-order valence-corrected chi connectivity index (χ0v) is 12.8. The van der Waals surface area contributed by atoms with Crippen LogP contribution in [0.15, 0.2) is 30.3 Å². The van der Waals surface area contributed by atoms with E-state index in [2.05, 4.69) is 5.32 Å². The van der Waals surface area contributed by atoms with Crippen molar-refractivity contribution < 1.29 is 14.4 Å². The van der Waals surface area contributed by atoms with Crippen molar-refractivity contribution >= 4 is 17.8 Å². The Morgan fingerprint density at radius 2 is 1.78 bits per heavy atom. The first kappa shape index (κ1) is 14.2. The van der Waals surface area contributed by atoms with Crippen LogP contribution in [0.1, 0.15) is 24.8 Å². The van der Waals surface area contributed by atoms with Crippen LogP contribution in [-0.4, -0.2) is 52.3 Å². The predicted molar refractivity (Wildman–Crippen MR) is 82.5 cm³/mol. The third-order valence-corrected chi connectivity index (χ3v) is 4.83. The van der Waals surface area contributed by atoms with Crippen molar-refractivity contribution in [3.05, 3.63) is 35.9 Å². The average molecular weight is 313 g/mol. The van der Waals surface area contributed by atoms with Gasteiger partial charge < -0.3 is 10.2 Å². The Balaban J connectivity index is 1.46. The molecule has 2 heterocycles. The highest BCUT2D eigenvalue weighted by molar-refractivity contribution is 6.05. The lowest BCUT2D eigenvalue weighted by atomic mass is 10.1. The first-order valence-electron chi connectivity index (χ1n) is 8.10. The minimum Gasteiger partial charge on any atom is -0.338 e. The lowest BCUT2D eigenvalue weighted by molar-refractivity contribution is -0.128. The van der Waals surface area contributed by atoms with Crippen LogP contribution in [0.5, 0.6) is 0 Å². The number of benzene rings is 1. The van der Waals surface area contributed by atoms with Crippen molar-refractivity contribution in [3.8, 4) is 0 Å². The molecule has 0 aromatic heterocycles. The summed E-state index contributed by atoms with van der Waals surface area (Å²) in [5.41, 5.74) is 1.01. The Labute approximate surface area is 134 Å². The van der Waals surface area contributed by atoms with E-state index in [1.807, 2.05) is 35.2 Å². The SMILES string of the molecule is O=C1CC(N2C(=O)NC(Cc3ccccc3)C2=O)CN1C1CC1. The summed E-state index contributed by atoms with van der Waals surface area (Å²) in [5, 5.41) is 2.76. The monoisotopic (exact) mass is 313 g/mol. The molecule has 3 fully saturated rings. The molecule has 1 aromatic rings. The molecule has 0 spiro atoms. The smallest absolute Gasteiger partial charge is 0.325 e. The number of carbonyl (C=O) groups excluding carboxylic acids is 3. The summed E-state index contributed by atoms with van der Waals surface area (Å²) in [7, 11) is 0. The van der Waals surface area contributed by atoms with E-state index in [0.29, 0.717) is 19.0 Å². The van der Waals surface area contributed by atoms with Gasteiger partial charge in [0.05, 0.1) is 6.04 Å². The quantitative estimate of drug-likeness (QED) is 0.840. The van der Waals surface area contributed by atoms with Gasteiger partial charge in [-0.15, -0.1) is 0 Å². The Bertz CT molecular complexity index is 656. The summed E-state index contributed by atoms with van der Waals surface area (Å²) in [6.45, 7) is 0.487. The van der Waals surface area contributed by atoms with Gasteiger partial charge in [-0.25, -0.2) is 4.79 Å². The van der Waals surface area contributed by atoms with Gasteiger partial charge in [-0.3, -0.25) is 14.5 Å². The van der Waals surface area contributed by atoms with Crippen molar-refractivity contribution in [2.24, 2.45) is 0 Å². The summed E-state index contributed by atoms with van der Waals surface area (Å²) >= 11 is 0. The van der Waals surface area contributed by atoms with Gasteiger partial charge in [0.2, 0.25) is 5.91 Å². The zero-order valence-electron chi connectivity index (χ0n) is 12.8. The fourth-order valence-corrected chi connectivity index (χ4v) is 3.51. The Morgan fingerprint density at radius 1 is 1.04 bits per heavy atom. The van der Waals surface area contributed by atoms with Gasteiger partial charge in [0.25, 0.3) is 5.91 Å². The number of urea groups is 1. The highest BCUT2D eigenvalue weighted by Crippen LogP contribution is 2.32. The summed E-state index contributed by atoms with van der Waals surface area (Å²) in [5.74, 6) is -0.154. The lowest BCUT2D eigenvalue weighted by Crippen LogP contribution is -2.43. The number of amides is 4. The molecule has 1 N–H and O–H groups in total. The Kier molecular flexibility index (Phi) is 3.32. The standard InChI is InChI=1S/C17H19N3O3/c21-15-9-13(10-19(15)12-6-7-12)20-16(22)14(18-17(20)23)8-11-4-2-1-3-5-11/h1-5,12-14H,6-10H2,(H,18,23). The number of hydrogen-bond donors (Lipinski definition) is 1. The molecule has 4 rings (SSSR count). The highest BCUT2D eigenvalue weighted by atomic mass is 16.2. The van der Waals surface area contributed by atoms with Crippen molar-refractivity contribution in [3.63, 3.8) is 0 Å². The largest absolute Gasteiger partial charge is 0.338 e. The third-order valence-electron chi connectivity index (χ3n) is 4.83. The second kappa shape index (κ2) is 5.37. The van der Waals surface area contributed by atoms with E-state index in [1.54, 1.807) is 0 Å². The van der Waals surface area contributed by atoms with Gasteiger partial charge in [-0.2, -0.15) is 0 Å². The van der Waals surface area contributed by atoms with Gasteiger partial charge in [0.15, 0.2) is 0 Å². The van der Waals surface area contributed by atoms with Gasteiger partial charge in [-0.05, 0) is 18.4 Å². The molecule has 1 saturated carbocycles. The Hall–Kier alpha value is -2.37. The molecule has 1 aromatic carbocycles. The summed E-state index contributed by atoms with van der Waals surface area (Å²) in [4.78, 5) is 40.0. The number of carbonyl (C=O) groups is 3. The zero-order chi connectivity index (χ0) is 16.0. The van der Waals surface area contributed by atoms with Crippen LogP contribution in [0.3, 0.4) is 0 Å². The summed E-state index contributed by atoms with van der Waals surface area (Å²) < 4.78 is 0. The second-order valence-corrected chi connectivity index (χ2v) is 6.54. The molecule has 2 atom stereocenters. The Morgan fingerprint density at radius 3 is 2.48 bits per heavy atom. The third kappa shape index (κ3) is 2.58. The minimum atomic E-state index is -0.532. The van der Waals surface area contributed by atoms with E-state index in [1.165, 1.54) is 4.90 Å². The van der Waals surface area contributed by atoms with Crippen LogP contribution < -0.4 is 5.32 Å². The average Bonchev–Trinajstić information content (AvgIpc) is 3.25. The molecule has 120 valence electrons. The van der Waals surface area contributed by atoms with Crippen molar-refractivity contribution in [2.75, 3.05) is 6.54 Å². The normalized spacial score (nSPS) is 27.7. The van der Waals surface area contributed by atoms with Crippen molar-refractivity contribution in [2.45, 2.75) is 43.8 Å². The molecule has 2 saturated heterocycles. The van der Waals surface area contributed by atoms with Crippen LogP contribution in [0.4, 0.5) is 4.79 Å². The lowest BCUT2D eigenvalue weighted by Gasteiger charge is -2.21. The van der Waals surface area contributed by atoms with Crippen LogP contribution in [0, 0.1) is 0 Å². The molecule has 1 aliphatic carbocycles. The number of hydrogen-bond acceptors (Lipinski definition) is 3. The molecular formula is C17H19N3O3. The molecule has 2 unspecified atom stereocenters. The first-order valence-corrected chi connectivity index (χ1v) is 8.10. The molecule has 0 bridgehead atoms. The van der Waals surface area contributed by atoms with Gasteiger partial charge >= 0.3 is 6.03 Å². The molecular weight excluding hydrogens is 294 g/mol. The molecule has 6 nitrogen and oxygen atoms in total.